The Kier molecular flexibility index (Phi) is 7.42. The van der Waals surface area contributed by atoms with Crippen LogP contribution in [0.4, 0.5) is 10.7 Å². The Bertz CT molecular complexity index is 1250. The largest absolute Gasteiger partial charge is 0.477 e. The van der Waals surface area contributed by atoms with E-state index < -0.39 is 17.4 Å². The molecule has 0 unspecified atom stereocenters. The van der Waals surface area contributed by atoms with Crippen molar-refractivity contribution in [3.8, 4) is 16.2 Å². The number of benzene rings is 2. The average Bonchev–Trinajstić information content (AvgIpc) is 3.18. The molecule has 0 bridgehead atoms. The summed E-state index contributed by atoms with van der Waals surface area (Å²) in [5.74, 6) is -0.672. The second-order valence-corrected chi connectivity index (χ2v) is 9.12. The number of anilines is 1. The molecule has 2 heterocycles. The molecule has 1 fully saturated rings. The number of hydrogen-bond acceptors (Lipinski definition) is 7. The molecule has 1 aliphatic rings. The number of nitro benzene ring substituents is 1. The van der Waals surface area contributed by atoms with Crippen LogP contribution in [0.5, 0.6) is 5.75 Å². The zero-order valence-electron chi connectivity index (χ0n) is 19.4. The summed E-state index contributed by atoms with van der Waals surface area (Å²) >= 11 is 1.32. The minimum Gasteiger partial charge on any atom is -0.477 e. The lowest BCUT2D eigenvalue weighted by atomic mass is 10.1. The van der Waals surface area contributed by atoms with E-state index in [1.807, 2.05) is 37.3 Å². The van der Waals surface area contributed by atoms with E-state index in [-0.39, 0.29) is 17.3 Å². The van der Waals surface area contributed by atoms with E-state index in [0.29, 0.717) is 36.9 Å². The molecule has 3 aromatic rings. The second-order valence-electron chi connectivity index (χ2n) is 8.10. The number of nitro groups is 1. The van der Waals surface area contributed by atoms with Crippen molar-refractivity contribution in [3.05, 3.63) is 75.3 Å². The van der Waals surface area contributed by atoms with Gasteiger partial charge in [-0.05, 0) is 36.6 Å². The number of nitrogens with zero attached hydrogens (tertiary/aromatic N) is 2. The van der Waals surface area contributed by atoms with Crippen LogP contribution >= 0.6 is 11.3 Å². The minimum absolute atomic E-state index is 0.0158. The molecule has 0 saturated carbocycles. The molecule has 9 nitrogen and oxygen atoms in total. The highest BCUT2D eigenvalue weighted by Gasteiger charge is 2.28. The Hall–Kier alpha value is -3.76. The lowest BCUT2D eigenvalue weighted by Gasteiger charge is -2.27. The van der Waals surface area contributed by atoms with Gasteiger partial charge in [0.05, 0.1) is 23.7 Å². The van der Waals surface area contributed by atoms with Crippen molar-refractivity contribution < 1.29 is 24.0 Å². The first-order chi connectivity index (χ1) is 16.8. The van der Waals surface area contributed by atoms with Gasteiger partial charge in [0.2, 0.25) is 0 Å². The van der Waals surface area contributed by atoms with Crippen LogP contribution < -0.4 is 10.1 Å². The molecule has 1 N–H and O–H groups in total. The van der Waals surface area contributed by atoms with Crippen molar-refractivity contribution in [2.75, 3.05) is 38.2 Å². The quantitative estimate of drug-likeness (QED) is 0.383. The Morgan fingerprint density at radius 1 is 1.14 bits per heavy atom. The van der Waals surface area contributed by atoms with Crippen molar-refractivity contribution in [2.45, 2.75) is 13.8 Å². The van der Waals surface area contributed by atoms with Gasteiger partial charge < -0.3 is 19.7 Å². The van der Waals surface area contributed by atoms with E-state index in [1.54, 1.807) is 17.9 Å². The normalized spacial score (nSPS) is 13.4. The monoisotopic (exact) mass is 495 g/mol. The van der Waals surface area contributed by atoms with Crippen LogP contribution in [0.2, 0.25) is 0 Å². The van der Waals surface area contributed by atoms with Gasteiger partial charge in [0.15, 0.2) is 12.4 Å². The standard InChI is InChI=1S/C25H25N3O6S/c1-16-8-9-19(28(31)32)20(14-16)34-15-21(29)26-24-22(25(30)27-10-12-33-13-11-27)17(2)23(35-24)18-6-4-3-5-7-18/h3-9,14H,10-13,15H2,1-2H3,(H,26,29). The molecule has 4 rings (SSSR count). The first-order valence-corrected chi connectivity index (χ1v) is 11.9. The van der Waals surface area contributed by atoms with Crippen LogP contribution in [-0.2, 0) is 9.53 Å². The molecule has 1 aromatic heterocycles. The third-order valence-electron chi connectivity index (χ3n) is 5.62. The van der Waals surface area contributed by atoms with Gasteiger partial charge in [0, 0.05) is 24.0 Å². The number of rotatable bonds is 7. The maximum atomic E-state index is 13.4. The van der Waals surface area contributed by atoms with E-state index in [0.717, 1.165) is 21.6 Å². The third-order valence-corrected chi connectivity index (χ3v) is 6.87. The summed E-state index contributed by atoms with van der Waals surface area (Å²) in [7, 11) is 0. The molecular weight excluding hydrogens is 470 g/mol. The fourth-order valence-electron chi connectivity index (χ4n) is 3.84. The number of morpholine rings is 1. The number of thiophene rings is 1. The van der Waals surface area contributed by atoms with Gasteiger partial charge in [0.1, 0.15) is 5.00 Å². The molecule has 0 aliphatic carbocycles. The molecule has 1 saturated heterocycles. The SMILES string of the molecule is Cc1ccc([N+](=O)[O-])c(OCC(=O)Nc2sc(-c3ccccc3)c(C)c2C(=O)N2CCOCC2)c1. The smallest absolute Gasteiger partial charge is 0.310 e. The third kappa shape index (κ3) is 5.50. The summed E-state index contributed by atoms with van der Waals surface area (Å²) < 4.78 is 10.9. The predicted octanol–water partition coefficient (Wildman–Crippen LogP) is 4.43. The number of amides is 2. The van der Waals surface area contributed by atoms with Gasteiger partial charge in [-0.15, -0.1) is 11.3 Å². The van der Waals surface area contributed by atoms with E-state index >= 15 is 0 Å². The maximum absolute atomic E-state index is 13.4. The first kappa shape index (κ1) is 24.4. The summed E-state index contributed by atoms with van der Waals surface area (Å²) in [5.41, 5.74) is 2.71. The zero-order valence-corrected chi connectivity index (χ0v) is 20.2. The highest BCUT2D eigenvalue weighted by atomic mass is 32.1. The molecule has 10 heteroatoms. The van der Waals surface area contributed by atoms with Crippen molar-refractivity contribution in [1.29, 1.82) is 0 Å². The summed E-state index contributed by atoms with van der Waals surface area (Å²) in [6, 6.07) is 14.1. The molecule has 2 aromatic carbocycles. The Morgan fingerprint density at radius 2 is 1.86 bits per heavy atom. The van der Waals surface area contributed by atoms with Gasteiger partial charge in [-0.25, -0.2) is 0 Å². The highest BCUT2D eigenvalue weighted by Crippen LogP contribution is 2.40. The Morgan fingerprint density at radius 3 is 2.54 bits per heavy atom. The van der Waals surface area contributed by atoms with Gasteiger partial charge in [-0.1, -0.05) is 36.4 Å². The van der Waals surface area contributed by atoms with Gasteiger partial charge in [0.25, 0.3) is 11.8 Å². The van der Waals surface area contributed by atoms with E-state index in [2.05, 4.69) is 5.32 Å². The number of carbonyl (C=O) groups is 2. The van der Waals surface area contributed by atoms with Crippen LogP contribution in [0.15, 0.2) is 48.5 Å². The van der Waals surface area contributed by atoms with Crippen LogP contribution in [0.25, 0.3) is 10.4 Å². The van der Waals surface area contributed by atoms with Crippen LogP contribution in [-0.4, -0.2) is 54.5 Å². The Labute approximate surface area is 206 Å². The number of carbonyl (C=O) groups excluding carboxylic acids is 2. The molecule has 35 heavy (non-hydrogen) atoms. The van der Waals surface area contributed by atoms with Crippen LogP contribution in [0, 0.1) is 24.0 Å². The van der Waals surface area contributed by atoms with Gasteiger partial charge in [-0.2, -0.15) is 0 Å². The molecule has 0 radical (unpaired) electrons. The Balaban J connectivity index is 1.59. The lowest BCUT2D eigenvalue weighted by molar-refractivity contribution is -0.385. The molecule has 0 atom stereocenters. The van der Waals surface area contributed by atoms with E-state index in [9.17, 15) is 19.7 Å². The van der Waals surface area contributed by atoms with Gasteiger partial charge in [-0.3, -0.25) is 19.7 Å². The summed E-state index contributed by atoms with van der Waals surface area (Å²) in [6.07, 6.45) is 0. The maximum Gasteiger partial charge on any atom is 0.310 e. The predicted molar refractivity (Wildman–Crippen MR) is 133 cm³/mol. The second kappa shape index (κ2) is 10.7. The van der Waals surface area contributed by atoms with Crippen molar-refractivity contribution in [3.63, 3.8) is 0 Å². The van der Waals surface area contributed by atoms with E-state index in [1.165, 1.54) is 23.5 Å². The van der Waals surface area contributed by atoms with Crippen molar-refractivity contribution in [1.82, 2.24) is 4.90 Å². The lowest BCUT2D eigenvalue weighted by Crippen LogP contribution is -2.41. The fraction of sp³-hybridized carbons (Fsp3) is 0.280. The zero-order chi connectivity index (χ0) is 24.9. The minimum atomic E-state index is -0.555. The van der Waals surface area contributed by atoms with Crippen molar-refractivity contribution in [2.24, 2.45) is 0 Å². The van der Waals surface area contributed by atoms with Crippen molar-refractivity contribution >= 4 is 33.8 Å². The number of hydrogen-bond donors (Lipinski definition) is 1. The fourth-order valence-corrected chi connectivity index (χ4v) is 5.06. The molecular formula is C25H25N3O6S. The summed E-state index contributed by atoms with van der Waals surface area (Å²) in [4.78, 5) is 39.6. The topological polar surface area (TPSA) is 111 Å². The van der Waals surface area contributed by atoms with Crippen LogP contribution in [0.1, 0.15) is 21.5 Å². The van der Waals surface area contributed by atoms with Crippen LogP contribution in [0.3, 0.4) is 0 Å². The number of aryl methyl sites for hydroxylation is 1. The number of nitrogens with one attached hydrogen (secondary N) is 1. The molecule has 0 spiro atoms. The molecule has 182 valence electrons. The van der Waals surface area contributed by atoms with E-state index in [4.69, 9.17) is 9.47 Å². The molecule has 1 aliphatic heterocycles. The number of ether oxygens (including phenoxy) is 2. The summed E-state index contributed by atoms with van der Waals surface area (Å²) in [5, 5.41) is 14.5. The summed E-state index contributed by atoms with van der Waals surface area (Å²) in [6.45, 7) is 5.09. The first-order valence-electron chi connectivity index (χ1n) is 11.1. The average molecular weight is 496 g/mol. The highest BCUT2D eigenvalue weighted by molar-refractivity contribution is 7.20. The molecule has 2 amide bonds. The van der Waals surface area contributed by atoms with Gasteiger partial charge >= 0.3 is 5.69 Å².